The Bertz CT molecular complexity index is 789. The van der Waals surface area contributed by atoms with Crippen molar-refractivity contribution in [2.45, 2.75) is 27.4 Å². The molecule has 0 radical (unpaired) electrons. The normalized spacial score (nSPS) is 11.1. The molecule has 25 heavy (non-hydrogen) atoms. The molecule has 0 amide bonds. The van der Waals surface area contributed by atoms with Gasteiger partial charge in [-0.1, -0.05) is 0 Å². The van der Waals surface area contributed by atoms with Crippen molar-refractivity contribution < 1.29 is 4.74 Å². The Labute approximate surface area is 159 Å². The Morgan fingerprint density at radius 3 is 1.64 bits per heavy atom. The average Bonchev–Trinajstić information content (AvgIpc) is 2.60. The topological polar surface area (TPSA) is 9.23 Å². The molecule has 3 aromatic carbocycles. The number of benzene rings is 3. The average molecular weight is 526 g/mol. The molecular weight excluding hydrogens is 501 g/mol. The van der Waals surface area contributed by atoms with E-state index >= 15 is 0 Å². The molecule has 0 heterocycles. The molecule has 0 aromatic heterocycles. The van der Waals surface area contributed by atoms with E-state index in [4.69, 9.17) is 4.74 Å². The molecule has 128 valence electrons. The number of rotatable bonds is 5. The molecule has 0 aliphatic rings. The van der Waals surface area contributed by atoms with Crippen LogP contribution in [0.25, 0.3) is 0 Å². The van der Waals surface area contributed by atoms with E-state index < -0.39 is 21.8 Å². The molecule has 1 nitrogen and oxygen atoms in total. The van der Waals surface area contributed by atoms with Gasteiger partial charge in [0.15, 0.2) is 0 Å². The van der Waals surface area contributed by atoms with Gasteiger partial charge < -0.3 is 0 Å². The van der Waals surface area contributed by atoms with Crippen LogP contribution in [0.4, 0.5) is 0 Å². The van der Waals surface area contributed by atoms with E-state index in [-0.39, 0.29) is 0 Å². The van der Waals surface area contributed by atoms with Gasteiger partial charge in [0.25, 0.3) is 0 Å². The van der Waals surface area contributed by atoms with Crippen LogP contribution in [0.3, 0.4) is 0 Å². The van der Waals surface area contributed by atoms with Crippen molar-refractivity contribution in [3.63, 3.8) is 0 Å². The van der Waals surface area contributed by atoms with E-state index in [0.29, 0.717) is 6.61 Å². The van der Waals surface area contributed by atoms with Gasteiger partial charge in [-0.15, -0.1) is 0 Å². The molecule has 0 spiro atoms. The van der Waals surface area contributed by atoms with E-state index in [9.17, 15) is 0 Å². The molecule has 0 aliphatic carbocycles. The molecule has 0 unspecified atom stereocenters. The first-order chi connectivity index (χ1) is 12.1. The zero-order valence-corrected chi connectivity index (χ0v) is 18.9. The Kier molecular flexibility index (Phi) is 6.04. The molecule has 3 aromatic rings. The van der Waals surface area contributed by atoms with E-state index in [2.05, 4.69) is 87.5 Å². The zero-order valence-electron chi connectivity index (χ0n) is 15.4. The van der Waals surface area contributed by atoms with Gasteiger partial charge in [-0.25, -0.2) is 0 Å². The Balaban J connectivity index is 2.17. The first kappa shape index (κ1) is 18.3. The van der Waals surface area contributed by atoms with Crippen LogP contribution in [0.5, 0.6) is 0 Å². The number of ether oxygens (including phenoxy) is 1. The number of aryl methyl sites for hydroxylation is 3. The van der Waals surface area contributed by atoms with Gasteiger partial charge >= 0.3 is 160 Å². The fraction of sp³-hybridized carbons (Fsp3) is 0.217. The molecule has 0 saturated heterocycles. The van der Waals surface area contributed by atoms with Crippen LogP contribution in [-0.4, -0.2) is 28.9 Å². The van der Waals surface area contributed by atoms with Crippen molar-refractivity contribution in [1.29, 1.82) is 0 Å². The summed E-state index contributed by atoms with van der Waals surface area (Å²) in [6.45, 7) is 7.15. The first-order valence-corrected chi connectivity index (χ1v) is 13.8. The third-order valence-corrected chi connectivity index (χ3v) is 14.3. The standard InChI is InChI=1S/C9H11O.2C7H7.Bi/c1-8-4-3-5-9(6-8)7-10-2;2*1-7-5-3-2-4-6-7;/h3-4,6H,7H2,1-2H3;2*3-6H,1H3;. The first-order valence-electron chi connectivity index (χ1n) is 8.60. The molecule has 2 heteroatoms. The second kappa shape index (κ2) is 8.25. The van der Waals surface area contributed by atoms with Gasteiger partial charge in [-0.2, -0.15) is 0 Å². The van der Waals surface area contributed by atoms with Crippen LogP contribution in [0.2, 0.25) is 0 Å². The van der Waals surface area contributed by atoms with Gasteiger partial charge in [-0.3, -0.25) is 0 Å². The third-order valence-electron chi connectivity index (χ3n) is 4.36. The molecule has 0 aliphatic heterocycles. The summed E-state index contributed by atoms with van der Waals surface area (Å²) >= 11 is -2.33. The van der Waals surface area contributed by atoms with Crippen molar-refractivity contribution in [2.24, 2.45) is 0 Å². The van der Waals surface area contributed by atoms with E-state index in [0.717, 1.165) is 0 Å². The predicted octanol–water partition coefficient (Wildman–Crippen LogP) is 3.27. The fourth-order valence-electron chi connectivity index (χ4n) is 3.02. The summed E-state index contributed by atoms with van der Waals surface area (Å²) < 4.78 is 10.1. The van der Waals surface area contributed by atoms with Crippen molar-refractivity contribution in [3.05, 3.63) is 89.0 Å². The van der Waals surface area contributed by atoms with Gasteiger partial charge in [0, 0.05) is 0 Å². The zero-order chi connectivity index (χ0) is 17.8. The summed E-state index contributed by atoms with van der Waals surface area (Å²) in [5.74, 6) is 0. The quantitative estimate of drug-likeness (QED) is 0.464. The summed E-state index contributed by atoms with van der Waals surface area (Å²) in [7, 11) is 1.79. The molecule has 0 bridgehead atoms. The SMILES string of the molecule is COCc1cc(C)cc[c]1[Bi]([c]1ccc(C)cc1)[c]1ccc(C)cc1. The monoisotopic (exact) mass is 526 g/mol. The second-order valence-electron chi connectivity index (χ2n) is 6.57. The molecular formula is C23H25BiO. The number of methoxy groups -OCH3 is 1. The van der Waals surface area contributed by atoms with E-state index in [1.807, 2.05) is 0 Å². The van der Waals surface area contributed by atoms with Crippen LogP contribution < -0.4 is 9.81 Å². The Morgan fingerprint density at radius 1 is 0.680 bits per heavy atom. The van der Waals surface area contributed by atoms with Crippen molar-refractivity contribution in [2.75, 3.05) is 7.11 Å². The third kappa shape index (κ3) is 4.37. The molecule has 0 saturated carbocycles. The molecule has 0 N–H and O–H groups in total. The summed E-state index contributed by atoms with van der Waals surface area (Å²) in [5.41, 5.74) is 5.28. The maximum atomic E-state index is 5.52. The second-order valence-corrected chi connectivity index (χ2v) is 15.1. The van der Waals surface area contributed by atoms with Crippen molar-refractivity contribution in [1.82, 2.24) is 0 Å². The fourth-order valence-corrected chi connectivity index (χ4v) is 12.3. The van der Waals surface area contributed by atoms with Gasteiger partial charge in [0.05, 0.1) is 0 Å². The molecule has 0 fully saturated rings. The van der Waals surface area contributed by atoms with Crippen LogP contribution in [0.1, 0.15) is 22.3 Å². The summed E-state index contributed by atoms with van der Waals surface area (Å²) in [4.78, 5) is 0. The minimum atomic E-state index is -2.33. The Hall–Kier alpha value is -1.50. The van der Waals surface area contributed by atoms with Crippen LogP contribution in [-0.2, 0) is 11.3 Å². The van der Waals surface area contributed by atoms with Crippen LogP contribution in [0.15, 0.2) is 66.7 Å². The van der Waals surface area contributed by atoms with Crippen molar-refractivity contribution >= 4 is 31.6 Å². The predicted molar refractivity (Wildman–Crippen MR) is 109 cm³/mol. The van der Waals surface area contributed by atoms with Crippen LogP contribution >= 0.6 is 0 Å². The molecule has 3 rings (SSSR count). The van der Waals surface area contributed by atoms with Gasteiger partial charge in [0.1, 0.15) is 0 Å². The van der Waals surface area contributed by atoms with E-state index in [1.165, 1.54) is 32.1 Å². The minimum absolute atomic E-state index is 0.681. The van der Waals surface area contributed by atoms with Gasteiger partial charge in [-0.05, 0) is 0 Å². The number of hydrogen-bond acceptors (Lipinski definition) is 1. The van der Waals surface area contributed by atoms with Gasteiger partial charge in [0.2, 0.25) is 0 Å². The maximum absolute atomic E-state index is 5.52. The van der Waals surface area contributed by atoms with E-state index in [1.54, 1.807) is 7.11 Å². The van der Waals surface area contributed by atoms with Crippen LogP contribution in [0, 0.1) is 20.8 Å². The summed E-state index contributed by atoms with van der Waals surface area (Å²) in [5, 5.41) is 0. The summed E-state index contributed by atoms with van der Waals surface area (Å²) in [6.07, 6.45) is 0. The van der Waals surface area contributed by atoms with Crippen molar-refractivity contribution in [3.8, 4) is 0 Å². The molecule has 0 atom stereocenters. The summed E-state index contributed by atoms with van der Waals surface area (Å²) in [6, 6.07) is 25.2. The number of hydrogen-bond donors (Lipinski definition) is 0. The Morgan fingerprint density at radius 2 is 1.16 bits per heavy atom.